The molecule has 0 spiro atoms. The highest BCUT2D eigenvalue weighted by molar-refractivity contribution is 5.93. The average Bonchev–Trinajstić information content (AvgIpc) is 2.79. The Morgan fingerprint density at radius 1 is 1.42 bits per heavy atom. The van der Waals surface area contributed by atoms with E-state index in [0.717, 1.165) is 5.56 Å². The molecule has 1 heterocycles. The van der Waals surface area contributed by atoms with E-state index in [1.165, 1.54) is 4.90 Å². The fourth-order valence-electron chi connectivity index (χ4n) is 2.15. The Kier molecular flexibility index (Phi) is 4.34. The second-order valence-electron chi connectivity index (χ2n) is 4.50. The molecule has 2 amide bonds. The maximum absolute atomic E-state index is 12.1. The summed E-state index contributed by atoms with van der Waals surface area (Å²) in [6, 6.07) is 9.54. The van der Waals surface area contributed by atoms with Crippen molar-refractivity contribution in [1.82, 2.24) is 4.90 Å². The first kappa shape index (κ1) is 13.3. The number of amides is 2. The number of benzene rings is 1. The van der Waals surface area contributed by atoms with Gasteiger partial charge in [-0.1, -0.05) is 36.4 Å². The maximum Gasteiger partial charge on any atom is 0.416 e. The predicted molar refractivity (Wildman–Crippen MR) is 71.6 cm³/mol. The molecule has 4 heteroatoms. The maximum atomic E-state index is 12.1. The second kappa shape index (κ2) is 6.18. The van der Waals surface area contributed by atoms with Gasteiger partial charge in [-0.3, -0.25) is 4.79 Å². The molecule has 0 radical (unpaired) electrons. The van der Waals surface area contributed by atoms with Gasteiger partial charge in [0.25, 0.3) is 0 Å². The molecule has 0 N–H and O–H groups in total. The van der Waals surface area contributed by atoms with Gasteiger partial charge >= 0.3 is 6.09 Å². The Bertz CT molecular complexity index is 470. The van der Waals surface area contributed by atoms with Crippen LogP contribution in [0.4, 0.5) is 4.79 Å². The molecule has 0 saturated carbocycles. The van der Waals surface area contributed by atoms with E-state index in [2.05, 4.69) is 6.58 Å². The smallest absolute Gasteiger partial charge is 0.416 e. The fourth-order valence-corrected chi connectivity index (χ4v) is 2.15. The van der Waals surface area contributed by atoms with Crippen molar-refractivity contribution < 1.29 is 14.3 Å². The van der Waals surface area contributed by atoms with Gasteiger partial charge in [-0.15, -0.1) is 6.58 Å². The highest BCUT2D eigenvalue weighted by Gasteiger charge is 2.36. The van der Waals surface area contributed by atoms with Gasteiger partial charge in [-0.25, -0.2) is 9.69 Å². The van der Waals surface area contributed by atoms with Crippen molar-refractivity contribution in [2.75, 3.05) is 6.61 Å². The van der Waals surface area contributed by atoms with Crippen LogP contribution in [0.3, 0.4) is 0 Å². The minimum atomic E-state index is -0.537. The van der Waals surface area contributed by atoms with Crippen LogP contribution in [0.2, 0.25) is 0 Å². The van der Waals surface area contributed by atoms with E-state index >= 15 is 0 Å². The van der Waals surface area contributed by atoms with Gasteiger partial charge in [-0.05, 0) is 18.4 Å². The third-order valence-corrected chi connectivity index (χ3v) is 3.14. The van der Waals surface area contributed by atoms with Crippen LogP contribution in [0.25, 0.3) is 0 Å². The topological polar surface area (TPSA) is 46.6 Å². The zero-order chi connectivity index (χ0) is 13.7. The van der Waals surface area contributed by atoms with Crippen LogP contribution in [-0.4, -0.2) is 29.5 Å². The number of rotatable bonds is 5. The number of hydrogen-bond acceptors (Lipinski definition) is 3. The molecule has 0 aliphatic carbocycles. The van der Waals surface area contributed by atoms with Crippen LogP contribution >= 0.6 is 0 Å². The third-order valence-electron chi connectivity index (χ3n) is 3.14. The standard InChI is InChI=1S/C15H17NO3/c1-2-6-13-11-19-15(18)16(13)14(17)10-9-12-7-4-3-5-8-12/h2-5,7-8,13H,1,6,9-11H2/t13-/m1/s1. The SMILES string of the molecule is C=CC[C@@H]1COC(=O)N1C(=O)CCc1ccccc1. The van der Waals surface area contributed by atoms with Crippen molar-refractivity contribution in [2.24, 2.45) is 0 Å². The average molecular weight is 259 g/mol. The lowest BCUT2D eigenvalue weighted by atomic mass is 10.1. The molecule has 2 rings (SSSR count). The van der Waals surface area contributed by atoms with E-state index in [9.17, 15) is 9.59 Å². The first-order valence-corrected chi connectivity index (χ1v) is 6.36. The Hall–Kier alpha value is -2.10. The molecular weight excluding hydrogens is 242 g/mol. The predicted octanol–water partition coefficient (Wildman–Crippen LogP) is 2.54. The number of aryl methyl sites for hydroxylation is 1. The van der Waals surface area contributed by atoms with Gasteiger partial charge < -0.3 is 4.74 Å². The number of imide groups is 1. The van der Waals surface area contributed by atoms with Crippen molar-refractivity contribution in [2.45, 2.75) is 25.3 Å². The summed E-state index contributed by atoms with van der Waals surface area (Å²) in [7, 11) is 0. The Balaban J connectivity index is 1.94. The monoisotopic (exact) mass is 259 g/mol. The van der Waals surface area contributed by atoms with Gasteiger partial charge in [0.05, 0.1) is 6.04 Å². The lowest BCUT2D eigenvalue weighted by Gasteiger charge is -2.18. The minimum absolute atomic E-state index is 0.182. The van der Waals surface area contributed by atoms with E-state index in [1.54, 1.807) is 6.08 Å². The van der Waals surface area contributed by atoms with Crippen molar-refractivity contribution in [3.8, 4) is 0 Å². The highest BCUT2D eigenvalue weighted by atomic mass is 16.6. The van der Waals surface area contributed by atoms with Crippen molar-refractivity contribution in [3.63, 3.8) is 0 Å². The van der Waals surface area contributed by atoms with E-state index in [0.29, 0.717) is 19.3 Å². The van der Waals surface area contributed by atoms with Crippen LogP contribution < -0.4 is 0 Å². The number of carbonyl (C=O) groups excluding carboxylic acids is 2. The normalized spacial score (nSPS) is 18.2. The van der Waals surface area contributed by atoms with Gasteiger partial charge in [0.1, 0.15) is 6.61 Å². The fraction of sp³-hybridized carbons (Fsp3) is 0.333. The molecule has 0 aromatic heterocycles. The molecule has 4 nitrogen and oxygen atoms in total. The van der Waals surface area contributed by atoms with E-state index in [4.69, 9.17) is 4.74 Å². The molecule has 1 fully saturated rings. The molecule has 1 atom stereocenters. The first-order valence-electron chi connectivity index (χ1n) is 6.36. The zero-order valence-electron chi connectivity index (χ0n) is 10.7. The summed E-state index contributed by atoms with van der Waals surface area (Å²) in [6.45, 7) is 3.90. The highest BCUT2D eigenvalue weighted by Crippen LogP contribution is 2.18. The number of cyclic esters (lactones) is 1. The van der Waals surface area contributed by atoms with E-state index in [1.807, 2.05) is 30.3 Å². The Morgan fingerprint density at radius 3 is 2.84 bits per heavy atom. The Labute approximate surface area is 112 Å². The largest absolute Gasteiger partial charge is 0.447 e. The van der Waals surface area contributed by atoms with Crippen LogP contribution in [0.5, 0.6) is 0 Å². The summed E-state index contributed by atoms with van der Waals surface area (Å²) in [5.41, 5.74) is 1.09. The Morgan fingerprint density at radius 2 is 2.16 bits per heavy atom. The number of nitrogens with zero attached hydrogens (tertiary/aromatic N) is 1. The molecule has 100 valence electrons. The summed E-state index contributed by atoms with van der Waals surface area (Å²) in [5.74, 6) is -0.182. The van der Waals surface area contributed by atoms with Crippen molar-refractivity contribution in [3.05, 3.63) is 48.6 Å². The summed E-state index contributed by atoms with van der Waals surface area (Å²) in [6.07, 6.45) is 2.68. The molecule has 1 aromatic rings. The van der Waals surface area contributed by atoms with Gasteiger partial charge in [-0.2, -0.15) is 0 Å². The van der Waals surface area contributed by atoms with Crippen LogP contribution in [0.1, 0.15) is 18.4 Å². The number of hydrogen-bond donors (Lipinski definition) is 0. The lowest BCUT2D eigenvalue weighted by Crippen LogP contribution is -2.38. The van der Waals surface area contributed by atoms with Gasteiger partial charge in [0.15, 0.2) is 0 Å². The summed E-state index contributed by atoms with van der Waals surface area (Å²) in [4.78, 5) is 24.9. The van der Waals surface area contributed by atoms with Gasteiger partial charge in [0.2, 0.25) is 5.91 Å². The molecule has 1 aliphatic heterocycles. The summed E-state index contributed by atoms with van der Waals surface area (Å²) < 4.78 is 4.92. The lowest BCUT2D eigenvalue weighted by molar-refractivity contribution is -0.129. The second-order valence-corrected chi connectivity index (χ2v) is 4.50. The van der Waals surface area contributed by atoms with E-state index in [-0.39, 0.29) is 18.6 Å². The van der Waals surface area contributed by atoms with Crippen molar-refractivity contribution >= 4 is 12.0 Å². The number of carbonyl (C=O) groups is 2. The van der Waals surface area contributed by atoms with Crippen LogP contribution in [0, 0.1) is 0 Å². The summed E-state index contributed by atoms with van der Waals surface area (Å²) >= 11 is 0. The van der Waals surface area contributed by atoms with Crippen molar-refractivity contribution in [1.29, 1.82) is 0 Å². The molecule has 0 bridgehead atoms. The molecular formula is C15H17NO3. The minimum Gasteiger partial charge on any atom is -0.447 e. The van der Waals surface area contributed by atoms with E-state index < -0.39 is 6.09 Å². The van der Waals surface area contributed by atoms with Gasteiger partial charge in [0, 0.05) is 6.42 Å². The molecule has 19 heavy (non-hydrogen) atoms. The molecule has 1 aliphatic rings. The quantitative estimate of drug-likeness (QED) is 0.763. The number of ether oxygens (including phenoxy) is 1. The third kappa shape index (κ3) is 3.22. The first-order chi connectivity index (χ1) is 9.22. The molecule has 0 unspecified atom stereocenters. The molecule has 1 saturated heterocycles. The van der Waals surface area contributed by atoms with Crippen LogP contribution in [0.15, 0.2) is 43.0 Å². The molecule has 1 aromatic carbocycles. The van der Waals surface area contributed by atoms with Crippen LogP contribution in [-0.2, 0) is 16.0 Å². The zero-order valence-corrected chi connectivity index (χ0v) is 10.7. The summed E-state index contributed by atoms with van der Waals surface area (Å²) in [5, 5.41) is 0.